The summed E-state index contributed by atoms with van der Waals surface area (Å²) in [4.78, 5) is 24.8. The topological polar surface area (TPSA) is 126 Å². The molecule has 1 heterocycles. The van der Waals surface area contributed by atoms with E-state index in [-0.39, 0.29) is 29.2 Å². The van der Waals surface area contributed by atoms with Crippen molar-refractivity contribution in [2.75, 3.05) is 30.6 Å². The van der Waals surface area contributed by atoms with E-state index in [0.717, 1.165) is 29.3 Å². The number of rotatable bonds is 12. The molecule has 0 aliphatic carbocycles. The Labute approximate surface area is 244 Å². The van der Waals surface area contributed by atoms with E-state index in [1.807, 2.05) is 6.92 Å². The zero-order valence-electron chi connectivity index (χ0n) is 22.5. The van der Waals surface area contributed by atoms with Gasteiger partial charge in [0.15, 0.2) is 6.61 Å². The van der Waals surface area contributed by atoms with Crippen molar-refractivity contribution < 1.29 is 27.5 Å². The Morgan fingerprint density at radius 1 is 1.05 bits per heavy atom. The number of amides is 2. The van der Waals surface area contributed by atoms with Crippen molar-refractivity contribution in [2.24, 2.45) is 5.10 Å². The number of anilines is 1. The molecule has 0 radical (unpaired) electrons. The molecule has 0 bridgehead atoms. The van der Waals surface area contributed by atoms with Crippen molar-refractivity contribution in [2.45, 2.75) is 30.8 Å². The van der Waals surface area contributed by atoms with Crippen LogP contribution >= 0.6 is 11.6 Å². The van der Waals surface area contributed by atoms with Gasteiger partial charge in [0, 0.05) is 18.2 Å². The highest BCUT2D eigenvalue weighted by molar-refractivity contribution is 7.92. The summed E-state index contributed by atoms with van der Waals surface area (Å²) in [6, 6.07) is 19.3. The number of benzene rings is 3. The van der Waals surface area contributed by atoms with E-state index < -0.39 is 22.5 Å². The third kappa shape index (κ3) is 8.78. The molecule has 3 aromatic carbocycles. The van der Waals surface area contributed by atoms with Crippen LogP contribution in [0.25, 0.3) is 0 Å². The summed E-state index contributed by atoms with van der Waals surface area (Å²) < 4.78 is 38.8. The zero-order chi connectivity index (χ0) is 29.2. The van der Waals surface area contributed by atoms with Crippen LogP contribution in [0, 0.1) is 6.92 Å². The quantitative estimate of drug-likeness (QED) is 0.242. The predicted molar refractivity (Wildman–Crippen MR) is 157 cm³/mol. The fraction of sp³-hybridized carbons (Fsp3) is 0.276. The van der Waals surface area contributed by atoms with Gasteiger partial charge in [-0.1, -0.05) is 29.3 Å². The first kappa shape index (κ1) is 30.0. The molecule has 41 heavy (non-hydrogen) atoms. The number of carbonyl (C=O) groups is 2. The number of hydrogen-bond acceptors (Lipinski definition) is 7. The fourth-order valence-corrected chi connectivity index (χ4v) is 5.53. The van der Waals surface area contributed by atoms with Gasteiger partial charge in [-0.2, -0.15) is 5.10 Å². The first-order valence-electron chi connectivity index (χ1n) is 13.0. The second-order valence-corrected chi connectivity index (χ2v) is 11.7. The Balaban J connectivity index is 1.32. The maximum atomic E-state index is 13.4. The molecule has 1 atom stereocenters. The Hall–Kier alpha value is -3.93. The van der Waals surface area contributed by atoms with E-state index in [1.54, 1.807) is 48.5 Å². The first-order chi connectivity index (χ1) is 19.7. The summed E-state index contributed by atoms with van der Waals surface area (Å²) in [5.74, 6) is -0.370. The Morgan fingerprint density at radius 2 is 1.76 bits per heavy atom. The number of sulfonamides is 1. The van der Waals surface area contributed by atoms with Crippen molar-refractivity contribution in [3.05, 3.63) is 88.9 Å². The van der Waals surface area contributed by atoms with Crippen LogP contribution in [0.4, 0.5) is 5.69 Å². The normalized spacial score (nSPS) is 15.0. The molecule has 1 aliphatic heterocycles. The van der Waals surface area contributed by atoms with Crippen LogP contribution in [0.15, 0.2) is 82.8 Å². The van der Waals surface area contributed by atoms with Gasteiger partial charge in [0.2, 0.25) is 0 Å². The van der Waals surface area contributed by atoms with E-state index in [9.17, 15) is 18.0 Å². The molecular weight excluding hydrogens is 568 g/mol. The molecular formula is C29H31ClN4O6S. The SMILES string of the molecule is Cc1ccc(S(=O)(=O)N(CC(=O)N/N=C\c2ccc(OCC(=O)NC[C@H]3CCCO3)cc2)c2ccc(Cl)cc2)cc1. The van der Waals surface area contributed by atoms with Crippen molar-refractivity contribution in [3.63, 3.8) is 0 Å². The number of hydrazone groups is 1. The number of nitrogens with one attached hydrogen (secondary N) is 2. The Kier molecular flexibility index (Phi) is 10.3. The third-order valence-electron chi connectivity index (χ3n) is 6.21. The molecule has 2 N–H and O–H groups in total. The number of ether oxygens (including phenoxy) is 2. The van der Waals surface area contributed by atoms with Crippen LogP contribution in [-0.2, 0) is 24.3 Å². The van der Waals surface area contributed by atoms with Gasteiger partial charge in [0.05, 0.1) is 22.9 Å². The predicted octanol–water partition coefficient (Wildman–Crippen LogP) is 3.67. The van der Waals surface area contributed by atoms with Gasteiger partial charge >= 0.3 is 0 Å². The van der Waals surface area contributed by atoms with E-state index in [4.69, 9.17) is 21.1 Å². The minimum atomic E-state index is -4.05. The molecule has 0 saturated carbocycles. The van der Waals surface area contributed by atoms with Crippen LogP contribution in [-0.4, -0.2) is 58.9 Å². The summed E-state index contributed by atoms with van der Waals surface area (Å²) in [5.41, 5.74) is 4.22. The minimum Gasteiger partial charge on any atom is -0.484 e. The fourth-order valence-electron chi connectivity index (χ4n) is 3.99. The second-order valence-electron chi connectivity index (χ2n) is 9.39. The molecule has 216 valence electrons. The summed E-state index contributed by atoms with van der Waals surface area (Å²) in [7, 11) is -4.05. The summed E-state index contributed by atoms with van der Waals surface area (Å²) >= 11 is 5.98. The Bertz CT molecular complexity index is 1460. The molecule has 12 heteroatoms. The summed E-state index contributed by atoms with van der Waals surface area (Å²) in [6.07, 6.45) is 3.43. The van der Waals surface area contributed by atoms with E-state index in [0.29, 0.717) is 22.9 Å². The molecule has 0 unspecified atom stereocenters. The maximum absolute atomic E-state index is 13.4. The summed E-state index contributed by atoms with van der Waals surface area (Å²) in [5, 5.41) is 7.18. The van der Waals surface area contributed by atoms with E-state index >= 15 is 0 Å². The van der Waals surface area contributed by atoms with Gasteiger partial charge in [-0.05, 0) is 86.0 Å². The van der Waals surface area contributed by atoms with Crippen LogP contribution < -0.4 is 19.8 Å². The smallest absolute Gasteiger partial charge is 0.264 e. The molecule has 10 nitrogen and oxygen atoms in total. The lowest BCUT2D eigenvalue weighted by Gasteiger charge is -2.23. The highest BCUT2D eigenvalue weighted by Gasteiger charge is 2.27. The average molecular weight is 599 g/mol. The zero-order valence-corrected chi connectivity index (χ0v) is 24.0. The lowest BCUT2D eigenvalue weighted by Crippen LogP contribution is -2.39. The largest absolute Gasteiger partial charge is 0.484 e. The standard InChI is InChI=1S/C29H31ClN4O6S/c1-21-4-14-27(15-5-21)41(37,38)34(24-10-8-23(30)9-11-24)19-28(35)33-32-17-22-6-12-25(13-7-22)40-20-29(36)31-18-26-3-2-16-39-26/h4-15,17,26H,2-3,16,18-20H2,1H3,(H,31,36)(H,33,35)/b32-17-/t26-/m1/s1. The molecule has 4 rings (SSSR count). The van der Waals surface area contributed by atoms with Gasteiger partial charge in [0.25, 0.3) is 21.8 Å². The molecule has 3 aromatic rings. The monoisotopic (exact) mass is 598 g/mol. The lowest BCUT2D eigenvalue weighted by molar-refractivity contribution is -0.123. The van der Waals surface area contributed by atoms with Crippen LogP contribution in [0.3, 0.4) is 0 Å². The number of aryl methyl sites for hydroxylation is 1. The van der Waals surface area contributed by atoms with E-state index in [2.05, 4.69) is 15.8 Å². The average Bonchev–Trinajstić information content (AvgIpc) is 3.49. The van der Waals surface area contributed by atoms with Gasteiger partial charge in [0.1, 0.15) is 12.3 Å². The highest BCUT2D eigenvalue weighted by atomic mass is 35.5. The molecule has 0 aromatic heterocycles. The lowest BCUT2D eigenvalue weighted by atomic mass is 10.2. The van der Waals surface area contributed by atoms with Gasteiger partial charge < -0.3 is 14.8 Å². The number of halogens is 1. The van der Waals surface area contributed by atoms with Crippen LogP contribution in [0.1, 0.15) is 24.0 Å². The van der Waals surface area contributed by atoms with Gasteiger partial charge in [-0.15, -0.1) is 0 Å². The van der Waals surface area contributed by atoms with Crippen LogP contribution in [0.2, 0.25) is 5.02 Å². The number of hydrogen-bond donors (Lipinski definition) is 2. The highest BCUT2D eigenvalue weighted by Crippen LogP contribution is 2.25. The van der Waals surface area contributed by atoms with Gasteiger partial charge in [-0.3, -0.25) is 13.9 Å². The first-order valence-corrected chi connectivity index (χ1v) is 14.8. The summed E-state index contributed by atoms with van der Waals surface area (Å²) in [6.45, 7) is 2.43. The number of carbonyl (C=O) groups excluding carboxylic acids is 2. The minimum absolute atomic E-state index is 0.0528. The van der Waals surface area contributed by atoms with Crippen molar-refractivity contribution >= 4 is 45.3 Å². The van der Waals surface area contributed by atoms with Gasteiger partial charge in [-0.25, -0.2) is 13.8 Å². The third-order valence-corrected chi connectivity index (χ3v) is 8.25. The maximum Gasteiger partial charge on any atom is 0.264 e. The molecule has 1 fully saturated rings. The number of nitrogens with zero attached hydrogens (tertiary/aromatic N) is 2. The van der Waals surface area contributed by atoms with Crippen LogP contribution in [0.5, 0.6) is 5.75 Å². The second kappa shape index (κ2) is 14.1. The molecule has 0 spiro atoms. The van der Waals surface area contributed by atoms with Crippen molar-refractivity contribution in [1.82, 2.24) is 10.7 Å². The molecule has 2 amide bonds. The van der Waals surface area contributed by atoms with E-state index in [1.165, 1.54) is 30.5 Å². The molecule has 1 saturated heterocycles. The van der Waals surface area contributed by atoms with Crippen molar-refractivity contribution in [3.8, 4) is 5.75 Å². The van der Waals surface area contributed by atoms with Crippen molar-refractivity contribution in [1.29, 1.82) is 0 Å². The Morgan fingerprint density at radius 3 is 2.41 bits per heavy atom. The molecule has 1 aliphatic rings.